The van der Waals surface area contributed by atoms with Gasteiger partial charge in [-0.25, -0.2) is 0 Å². The van der Waals surface area contributed by atoms with Crippen molar-refractivity contribution in [2.24, 2.45) is 5.92 Å². The summed E-state index contributed by atoms with van der Waals surface area (Å²) in [6.07, 6.45) is 2.88. The summed E-state index contributed by atoms with van der Waals surface area (Å²) in [5.41, 5.74) is 0.732. The highest BCUT2D eigenvalue weighted by atomic mass is 32.2. The Morgan fingerprint density at radius 1 is 1.54 bits per heavy atom. The number of ether oxygens (including phenoxy) is 1. The molecule has 0 radical (unpaired) electrons. The lowest BCUT2D eigenvalue weighted by Crippen LogP contribution is -2.42. The number of nitrogens with one attached hydrogen (secondary N) is 1. The number of hydrogen-bond acceptors (Lipinski definition) is 5. The topological polar surface area (TPSA) is 78.9 Å². The van der Waals surface area contributed by atoms with Crippen LogP contribution in [0.15, 0.2) is 24.3 Å². The summed E-state index contributed by atoms with van der Waals surface area (Å²) >= 11 is 1.67. The summed E-state index contributed by atoms with van der Waals surface area (Å²) in [5, 5.41) is 12.2. The molecule has 7 heteroatoms. The van der Waals surface area contributed by atoms with E-state index >= 15 is 0 Å². The van der Waals surface area contributed by atoms with E-state index in [2.05, 4.69) is 5.32 Å². The lowest BCUT2D eigenvalue weighted by molar-refractivity contribution is -0.127. The minimum absolute atomic E-state index is 0.0759. The molecular weight excluding hydrogens is 328 g/mol. The van der Waals surface area contributed by atoms with Gasteiger partial charge in [0, 0.05) is 24.7 Å². The first-order valence-corrected chi connectivity index (χ1v) is 9.33. The molecule has 132 valence electrons. The van der Waals surface area contributed by atoms with E-state index in [1.807, 2.05) is 24.5 Å². The highest BCUT2D eigenvalue weighted by molar-refractivity contribution is 7.98. The molecule has 0 saturated carbocycles. The highest BCUT2D eigenvalue weighted by Gasteiger charge is 2.35. The van der Waals surface area contributed by atoms with Gasteiger partial charge in [-0.2, -0.15) is 11.8 Å². The molecular formula is C17H24N2O4S. The Balaban J connectivity index is 1.99. The maximum Gasteiger partial charge on any atom is 0.227 e. The third kappa shape index (κ3) is 4.64. The van der Waals surface area contributed by atoms with Crippen LogP contribution >= 0.6 is 11.8 Å². The molecule has 0 bridgehead atoms. The van der Waals surface area contributed by atoms with Gasteiger partial charge in [-0.1, -0.05) is 6.07 Å². The van der Waals surface area contributed by atoms with Crippen LogP contribution in [0.5, 0.6) is 5.75 Å². The van der Waals surface area contributed by atoms with Gasteiger partial charge in [-0.05, 0) is 30.6 Å². The third-order valence-corrected chi connectivity index (χ3v) is 4.74. The second kappa shape index (κ2) is 8.94. The highest BCUT2D eigenvalue weighted by Crippen LogP contribution is 2.28. The molecule has 2 atom stereocenters. The quantitative estimate of drug-likeness (QED) is 0.737. The van der Waals surface area contributed by atoms with Crippen molar-refractivity contribution in [3.8, 4) is 5.75 Å². The number of carbonyl (C=O) groups is 2. The Morgan fingerprint density at radius 2 is 2.33 bits per heavy atom. The van der Waals surface area contributed by atoms with E-state index in [-0.39, 0.29) is 30.9 Å². The molecule has 2 N–H and O–H groups in total. The molecule has 2 amide bonds. The van der Waals surface area contributed by atoms with E-state index in [0.717, 1.165) is 11.4 Å². The van der Waals surface area contributed by atoms with Gasteiger partial charge in [-0.15, -0.1) is 0 Å². The van der Waals surface area contributed by atoms with Crippen molar-refractivity contribution in [3.63, 3.8) is 0 Å². The fourth-order valence-electron chi connectivity index (χ4n) is 2.70. The van der Waals surface area contributed by atoms with Crippen LogP contribution in [0.25, 0.3) is 0 Å². The summed E-state index contributed by atoms with van der Waals surface area (Å²) in [4.78, 5) is 26.3. The zero-order valence-electron chi connectivity index (χ0n) is 14.0. The third-order valence-electron chi connectivity index (χ3n) is 4.10. The average Bonchev–Trinajstić information content (AvgIpc) is 3.00. The molecule has 1 fully saturated rings. The van der Waals surface area contributed by atoms with Gasteiger partial charge in [0.05, 0.1) is 25.7 Å². The number of nitrogens with zero attached hydrogens (tertiary/aromatic N) is 1. The van der Waals surface area contributed by atoms with Crippen molar-refractivity contribution in [1.29, 1.82) is 0 Å². The summed E-state index contributed by atoms with van der Waals surface area (Å²) in [7, 11) is 1.57. The molecule has 1 aliphatic heterocycles. The van der Waals surface area contributed by atoms with E-state index in [1.165, 1.54) is 0 Å². The van der Waals surface area contributed by atoms with Gasteiger partial charge in [0.25, 0.3) is 0 Å². The number of aliphatic hydroxyl groups is 1. The predicted octanol–water partition coefficient (Wildman–Crippen LogP) is 1.28. The number of amides is 2. The molecule has 0 aromatic heterocycles. The Bertz CT molecular complexity index is 581. The molecule has 1 heterocycles. The molecule has 24 heavy (non-hydrogen) atoms. The molecule has 1 aliphatic rings. The van der Waals surface area contributed by atoms with Crippen LogP contribution in [0.2, 0.25) is 0 Å². The maximum absolute atomic E-state index is 12.4. The van der Waals surface area contributed by atoms with Crippen molar-refractivity contribution in [2.45, 2.75) is 18.9 Å². The van der Waals surface area contributed by atoms with Crippen LogP contribution in [0, 0.1) is 5.92 Å². The van der Waals surface area contributed by atoms with Gasteiger partial charge < -0.3 is 20.1 Å². The predicted molar refractivity (Wildman–Crippen MR) is 95.5 cm³/mol. The van der Waals surface area contributed by atoms with Gasteiger partial charge in [0.2, 0.25) is 11.8 Å². The number of methoxy groups -OCH3 is 1. The van der Waals surface area contributed by atoms with Crippen molar-refractivity contribution in [1.82, 2.24) is 5.32 Å². The van der Waals surface area contributed by atoms with Crippen molar-refractivity contribution in [2.75, 3.05) is 37.2 Å². The van der Waals surface area contributed by atoms with E-state index in [4.69, 9.17) is 4.74 Å². The second-order valence-corrected chi connectivity index (χ2v) is 6.76. The van der Waals surface area contributed by atoms with E-state index in [9.17, 15) is 14.7 Å². The Morgan fingerprint density at radius 3 is 3.00 bits per heavy atom. The fourth-order valence-corrected chi connectivity index (χ4v) is 3.22. The van der Waals surface area contributed by atoms with Crippen LogP contribution in [0.1, 0.15) is 12.8 Å². The molecule has 1 aromatic carbocycles. The summed E-state index contributed by atoms with van der Waals surface area (Å²) < 4.78 is 5.18. The standard InChI is InChI=1S/C17H24N2O4S/c1-23-15-5-3-4-14(9-15)19-10-12(8-16(19)21)17(22)18-13(11-20)6-7-24-2/h3-5,9,12-13,20H,6-8,10-11H2,1-2H3,(H,18,22). The average molecular weight is 352 g/mol. The van der Waals surface area contributed by atoms with Crippen molar-refractivity contribution in [3.05, 3.63) is 24.3 Å². The zero-order chi connectivity index (χ0) is 17.5. The molecule has 2 rings (SSSR count). The lowest BCUT2D eigenvalue weighted by Gasteiger charge is -2.19. The number of anilines is 1. The number of aliphatic hydroxyl groups excluding tert-OH is 1. The van der Waals surface area contributed by atoms with Gasteiger partial charge in [0.1, 0.15) is 5.75 Å². The van der Waals surface area contributed by atoms with Crippen LogP contribution in [-0.2, 0) is 9.59 Å². The first kappa shape index (κ1) is 18.6. The summed E-state index contributed by atoms with van der Waals surface area (Å²) in [6, 6.07) is 6.99. The van der Waals surface area contributed by atoms with Crippen LogP contribution in [0.3, 0.4) is 0 Å². The number of rotatable bonds is 8. The first-order chi connectivity index (χ1) is 11.6. The largest absolute Gasteiger partial charge is 0.497 e. The van der Waals surface area contributed by atoms with Crippen molar-refractivity contribution >= 4 is 29.3 Å². The van der Waals surface area contributed by atoms with Crippen molar-refractivity contribution < 1.29 is 19.4 Å². The Kier molecular flexibility index (Phi) is 6.93. The summed E-state index contributed by atoms with van der Waals surface area (Å²) in [5.74, 6) is 0.894. The van der Waals surface area contributed by atoms with E-state index in [1.54, 1.807) is 29.8 Å². The zero-order valence-corrected chi connectivity index (χ0v) is 14.8. The second-order valence-electron chi connectivity index (χ2n) is 5.78. The fraction of sp³-hybridized carbons (Fsp3) is 0.529. The number of thioether (sulfide) groups is 1. The molecule has 2 unspecified atom stereocenters. The van der Waals surface area contributed by atoms with E-state index < -0.39 is 5.92 Å². The Hall–Kier alpha value is -1.73. The van der Waals surface area contributed by atoms with Gasteiger partial charge in [0.15, 0.2) is 0 Å². The maximum atomic E-state index is 12.4. The SMILES string of the molecule is COc1cccc(N2CC(C(=O)NC(CO)CCSC)CC2=O)c1. The monoisotopic (exact) mass is 352 g/mol. The Labute approximate surface area is 146 Å². The first-order valence-electron chi connectivity index (χ1n) is 7.93. The number of benzene rings is 1. The number of hydrogen-bond donors (Lipinski definition) is 2. The van der Waals surface area contributed by atoms with Crippen LogP contribution in [0.4, 0.5) is 5.69 Å². The van der Waals surface area contributed by atoms with Gasteiger partial charge in [-0.3, -0.25) is 9.59 Å². The molecule has 0 spiro atoms. The summed E-state index contributed by atoms with van der Waals surface area (Å²) in [6.45, 7) is 0.255. The normalized spacial score (nSPS) is 18.5. The van der Waals surface area contributed by atoms with E-state index in [0.29, 0.717) is 18.7 Å². The van der Waals surface area contributed by atoms with Crippen LogP contribution < -0.4 is 15.0 Å². The smallest absolute Gasteiger partial charge is 0.227 e. The van der Waals surface area contributed by atoms with Gasteiger partial charge >= 0.3 is 0 Å². The molecule has 1 saturated heterocycles. The molecule has 0 aliphatic carbocycles. The lowest BCUT2D eigenvalue weighted by atomic mass is 10.1. The minimum atomic E-state index is -0.396. The minimum Gasteiger partial charge on any atom is -0.497 e. The molecule has 6 nitrogen and oxygen atoms in total. The molecule has 1 aromatic rings. The van der Waals surface area contributed by atoms with Crippen LogP contribution in [-0.4, -0.2) is 55.2 Å². The number of carbonyl (C=O) groups excluding carboxylic acids is 2.